The summed E-state index contributed by atoms with van der Waals surface area (Å²) in [6.07, 6.45) is 0. The Morgan fingerprint density at radius 3 is 2.50 bits per heavy atom. The maximum atomic E-state index is 12.4. The van der Waals surface area contributed by atoms with Crippen molar-refractivity contribution in [1.29, 1.82) is 0 Å². The molecule has 0 saturated carbocycles. The molecule has 0 aliphatic rings. The maximum Gasteiger partial charge on any atom is 0.342 e. The molecule has 5 heteroatoms. The Bertz CT molecular complexity index is 824. The molecule has 1 aromatic heterocycles. The molecule has 0 aliphatic carbocycles. The molecule has 24 heavy (non-hydrogen) atoms. The standard InChI is InChI=1S/C19H21NO3.ClH/c1-3-20(4-2)12-13-22-19(21)16-10-7-9-15-14-8-5-6-11-17(14)23-18(15)16;/h5-11H,3-4,12-13H2,1-2H3;1H. The van der Waals surface area contributed by atoms with Crippen LogP contribution in [0.2, 0.25) is 0 Å². The molecule has 128 valence electrons. The van der Waals surface area contributed by atoms with Crippen molar-refractivity contribution >= 4 is 40.3 Å². The minimum atomic E-state index is -0.332. The molecule has 3 aromatic rings. The third-order valence-corrected chi connectivity index (χ3v) is 4.16. The Morgan fingerprint density at radius 1 is 1.04 bits per heavy atom. The van der Waals surface area contributed by atoms with E-state index in [4.69, 9.17) is 9.15 Å². The SMILES string of the molecule is CCN(CC)CCOC(=O)c1cccc2c1oc1ccccc12.Cl. The second-order valence-electron chi connectivity index (χ2n) is 5.44. The first-order valence-electron chi connectivity index (χ1n) is 8.04. The van der Waals surface area contributed by atoms with Crippen molar-refractivity contribution in [3.63, 3.8) is 0 Å². The number of likely N-dealkylation sites (N-methyl/N-ethyl adjacent to an activating group) is 1. The molecular weight excluding hydrogens is 326 g/mol. The van der Waals surface area contributed by atoms with Gasteiger partial charge in [-0.05, 0) is 25.2 Å². The van der Waals surface area contributed by atoms with E-state index in [-0.39, 0.29) is 18.4 Å². The van der Waals surface area contributed by atoms with Crippen molar-refractivity contribution < 1.29 is 13.9 Å². The predicted octanol–water partition coefficient (Wildman–Crippen LogP) is 4.51. The number of carbonyl (C=O) groups is 1. The number of halogens is 1. The molecule has 0 fully saturated rings. The van der Waals surface area contributed by atoms with E-state index in [1.54, 1.807) is 6.07 Å². The Morgan fingerprint density at radius 2 is 1.75 bits per heavy atom. The second-order valence-corrected chi connectivity index (χ2v) is 5.44. The van der Waals surface area contributed by atoms with Gasteiger partial charge >= 0.3 is 5.97 Å². The summed E-state index contributed by atoms with van der Waals surface area (Å²) in [5.41, 5.74) is 1.87. The molecule has 0 atom stereocenters. The van der Waals surface area contributed by atoms with E-state index in [9.17, 15) is 4.79 Å². The van der Waals surface area contributed by atoms with Crippen LogP contribution < -0.4 is 0 Å². The molecule has 4 nitrogen and oxygen atoms in total. The van der Waals surface area contributed by atoms with Crippen LogP contribution in [0.25, 0.3) is 21.9 Å². The second kappa shape index (κ2) is 8.18. The molecule has 0 bridgehead atoms. The Labute approximate surface area is 147 Å². The number of nitrogens with zero attached hydrogens (tertiary/aromatic N) is 1. The van der Waals surface area contributed by atoms with Crippen LogP contribution in [-0.4, -0.2) is 37.1 Å². The fourth-order valence-corrected chi connectivity index (χ4v) is 2.79. The summed E-state index contributed by atoms with van der Waals surface area (Å²) in [7, 11) is 0. The van der Waals surface area contributed by atoms with E-state index in [0.717, 1.165) is 36.0 Å². The summed E-state index contributed by atoms with van der Waals surface area (Å²) in [5.74, 6) is -0.332. The molecule has 0 saturated heterocycles. The van der Waals surface area contributed by atoms with Crippen LogP contribution in [0.3, 0.4) is 0 Å². The average Bonchev–Trinajstić information content (AvgIpc) is 2.97. The number of hydrogen-bond acceptors (Lipinski definition) is 4. The lowest BCUT2D eigenvalue weighted by Crippen LogP contribution is -2.27. The van der Waals surface area contributed by atoms with E-state index in [1.165, 1.54) is 0 Å². The quantitative estimate of drug-likeness (QED) is 0.615. The lowest BCUT2D eigenvalue weighted by atomic mass is 10.1. The topological polar surface area (TPSA) is 42.7 Å². The van der Waals surface area contributed by atoms with Gasteiger partial charge in [-0.25, -0.2) is 4.79 Å². The van der Waals surface area contributed by atoms with Crippen molar-refractivity contribution in [3.05, 3.63) is 48.0 Å². The van der Waals surface area contributed by atoms with Crippen LogP contribution in [0.5, 0.6) is 0 Å². The van der Waals surface area contributed by atoms with Crippen LogP contribution in [-0.2, 0) is 4.74 Å². The molecule has 0 aliphatic heterocycles. The van der Waals surface area contributed by atoms with E-state index in [2.05, 4.69) is 18.7 Å². The van der Waals surface area contributed by atoms with E-state index in [0.29, 0.717) is 17.8 Å². The molecule has 0 amide bonds. The third kappa shape index (κ3) is 3.55. The highest BCUT2D eigenvalue weighted by molar-refractivity contribution is 6.11. The molecule has 0 spiro atoms. The van der Waals surface area contributed by atoms with Gasteiger partial charge in [0, 0.05) is 17.3 Å². The number of carbonyl (C=O) groups excluding carboxylic acids is 1. The highest BCUT2D eigenvalue weighted by atomic mass is 35.5. The van der Waals surface area contributed by atoms with Gasteiger partial charge in [0.15, 0.2) is 0 Å². The number of benzene rings is 2. The zero-order valence-corrected chi connectivity index (χ0v) is 14.8. The van der Waals surface area contributed by atoms with Gasteiger partial charge in [-0.3, -0.25) is 0 Å². The summed E-state index contributed by atoms with van der Waals surface area (Å²) < 4.78 is 11.3. The fraction of sp³-hybridized carbons (Fsp3) is 0.316. The van der Waals surface area contributed by atoms with Gasteiger partial charge in [0.25, 0.3) is 0 Å². The smallest absolute Gasteiger partial charge is 0.342 e. The first kappa shape index (κ1) is 18.3. The summed E-state index contributed by atoms with van der Waals surface area (Å²) in [6.45, 7) is 7.23. The van der Waals surface area contributed by atoms with Crippen LogP contribution in [0.15, 0.2) is 46.9 Å². The van der Waals surface area contributed by atoms with E-state index >= 15 is 0 Å². The number of ether oxygens (including phenoxy) is 1. The van der Waals surface area contributed by atoms with Gasteiger partial charge < -0.3 is 14.1 Å². The van der Waals surface area contributed by atoms with Gasteiger partial charge in [0.2, 0.25) is 0 Å². The van der Waals surface area contributed by atoms with Gasteiger partial charge in [0.1, 0.15) is 23.3 Å². The normalized spacial score (nSPS) is 11.0. The van der Waals surface area contributed by atoms with Crippen LogP contribution >= 0.6 is 12.4 Å². The monoisotopic (exact) mass is 347 g/mol. The first-order chi connectivity index (χ1) is 11.2. The molecular formula is C19H22ClNO3. The van der Waals surface area contributed by atoms with Gasteiger partial charge in [0.05, 0.1) is 0 Å². The first-order valence-corrected chi connectivity index (χ1v) is 8.04. The van der Waals surface area contributed by atoms with Crippen molar-refractivity contribution in [2.24, 2.45) is 0 Å². The summed E-state index contributed by atoms with van der Waals surface area (Å²) >= 11 is 0. The molecule has 1 heterocycles. The number of para-hydroxylation sites is 2. The van der Waals surface area contributed by atoms with E-state index < -0.39 is 0 Å². The summed E-state index contributed by atoms with van der Waals surface area (Å²) in [5, 5.41) is 1.96. The maximum absolute atomic E-state index is 12.4. The Hall–Kier alpha value is -2.04. The molecule has 0 N–H and O–H groups in total. The van der Waals surface area contributed by atoms with Crippen molar-refractivity contribution in [1.82, 2.24) is 4.90 Å². The van der Waals surface area contributed by atoms with Crippen molar-refractivity contribution in [2.45, 2.75) is 13.8 Å². The predicted molar refractivity (Wildman–Crippen MR) is 99.0 cm³/mol. The van der Waals surface area contributed by atoms with Crippen molar-refractivity contribution in [2.75, 3.05) is 26.2 Å². The number of furan rings is 1. The number of fused-ring (bicyclic) bond motifs is 3. The zero-order chi connectivity index (χ0) is 16.2. The zero-order valence-electron chi connectivity index (χ0n) is 14.0. The Kier molecular flexibility index (Phi) is 6.23. The molecule has 3 rings (SSSR count). The van der Waals surface area contributed by atoms with Crippen LogP contribution in [0.1, 0.15) is 24.2 Å². The number of hydrogen-bond donors (Lipinski definition) is 0. The molecule has 0 radical (unpaired) electrons. The minimum Gasteiger partial charge on any atom is -0.461 e. The van der Waals surface area contributed by atoms with Gasteiger partial charge in [-0.2, -0.15) is 0 Å². The lowest BCUT2D eigenvalue weighted by molar-refractivity contribution is 0.0467. The summed E-state index contributed by atoms with van der Waals surface area (Å²) in [4.78, 5) is 14.6. The highest BCUT2D eigenvalue weighted by Crippen LogP contribution is 2.30. The van der Waals surface area contributed by atoms with Crippen LogP contribution in [0, 0.1) is 0 Å². The lowest BCUT2D eigenvalue weighted by Gasteiger charge is -2.17. The van der Waals surface area contributed by atoms with Crippen LogP contribution in [0.4, 0.5) is 0 Å². The van der Waals surface area contributed by atoms with Crippen molar-refractivity contribution in [3.8, 4) is 0 Å². The van der Waals surface area contributed by atoms with Gasteiger partial charge in [-0.1, -0.05) is 44.2 Å². The molecule has 2 aromatic carbocycles. The Balaban J connectivity index is 0.00000208. The number of esters is 1. The highest BCUT2D eigenvalue weighted by Gasteiger charge is 2.16. The largest absolute Gasteiger partial charge is 0.461 e. The fourth-order valence-electron chi connectivity index (χ4n) is 2.79. The number of rotatable bonds is 6. The molecule has 0 unspecified atom stereocenters. The average molecular weight is 348 g/mol. The third-order valence-electron chi connectivity index (χ3n) is 4.16. The summed E-state index contributed by atoms with van der Waals surface area (Å²) in [6, 6.07) is 13.4. The van der Waals surface area contributed by atoms with Gasteiger partial charge in [-0.15, -0.1) is 12.4 Å². The van der Waals surface area contributed by atoms with E-state index in [1.807, 2.05) is 36.4 Å². The minimum absolute atomic E-state index is 0.